The minimum Gasteiger partial charge on any atom is -0.475 e. The molecule has 0 amide bonds. The lowest BCUT2D eigenvalue weighted by Gasteiger charge is -2.32. The monoisotopic (exact) mass is 578 g/mol. The van der Waals surface area contributed by atoms with E-state index >= 15 is 0 Å². The molecule has 3 heterocycles. The summed E-state index contributed by atoms with van der Waals surface area (Å²) >= 11 is 0. The van der Waals surface area contributed by atoms with E-state index in [1.165, 1.54) is 10.9 Å². The number of pyridine rings is 1. The van der Waals surface area contributed by atoms with Crippen LogP contribution in [-0.4, -0.2) is 72.5 Å². The largest absolute Gasteiger partial charge is 0.490 e. The molecule has 40 heavy (non-hydrogen) atoms. The van der Waals surface area contributed by atoms with E-state index in [1.54, 1.807) is 0 Å². The van der Waals surface area contributed by atoms with Gasteiger partial charge in [-0.05, 0) is 44.4 Å². The lowest BCUT2D eigenvalue weighted by Crippen LogP contribution is -2.34. The van der Waals surface area contributed by atoms with Gasteiger partial charge < -0.3 is 15.9 Å². The quantitative estimate of drug-likeness (QED) is 0.389. The second-order valence-corrected chi connectivity index (χ2v) is 9.41. The predicted molar refractivity (Wildman–Crippen MR) is 130 cm³/mol. The first kappa shape index (κ1) is 32.4. The maximum absolute atomic E-state index is 10.6. The van der Waals surface area contributed by atoms with Crippen molar-refractivity contribution in [3.8, 4) is 0 Å². The molecular formula is C24H28F6N6O4. The maximum atomic E-state index is 10.6. The molecule has 4 rings (SSSR count). The van der Waals surface area contributed by atoms with Crippen molar-refractivity contribution < 1.29 is 46.1 Å². The van der Waals surface area contributed by atoms with E-state index in [2.05, 4.69) is 44.5 Å². The highest BCUT2D eigenvalue weighted by molar-refractivity contribution is 5.81. The van der Waals surface area contributed by atoms with E-state index in [0.29, 0.717) is 6.04 Å². The molecule has 1 fully saturated rings. The van der Waals surface area contributed by atoms with Gasteiger partial charge in [-0.15, -0.1) is 5.10 Å². The second kappa shape index (κ2) is 13.0. The van der Waals surface area contributed by atoms with Crippen molar-refractivity contribution in [1.29, 1.82) is 0 Å². The highest BCUT2D eigenvalue weighted by Gasteiger charge is 2.38. The highest BCUT2D eigenvalue weighted by atomic mass is 19.4. The van der Waals surface area contributed by atoms with Crippen LogP contribution < -0.4 is 5.73 Å². The number of hydrogen-bond acceptors (Lipinski definition) is 7. The van der Waals surface area contributed by atoms with Gasteiger partial charge in [-0.2, -0.15) is 26.3 Å². The van der Waals surface area contributed by atoms with Crippen LogP contribution in [0.5, 0.6) is 0 Å². The molecule has 1 aromatic carbocycles. The van der Waals surface area contributed by atoms with Crippen LogP contribution in [0.25, 0.3) is 10.9 Å². The number of alkyl halides is 6. The van der Waals surface area contributed by atoms with Crippen LogP contribution in [0.1, 0.15) is 44.0 Å². The zero-order valence-electron chi connectivity index (χ0n) is 21.4. The number of rotatable bonds is 4. The Morgan fingerprint density at radius 1 is 0.975 bits per heavy atom. The van der Waals surface area contributed by atoms with Crippen LogP contribution in [0.15, 0.2) is 42.7 Å². The standard InChI is InChI=1S/C20H26N6.2C2HF3O2/c1-20(2,21)19-14-26(24-23-19)16-8-11-25(12-9-16)13-15-7-10-22-18-6-4-3-5-17(15)18;2*3-2(4,5)1(6)7/h3-7,10,14,16H,8-9,11-13,21H2,1-2H3;2*(H,6,7). The lowest BCUT2D eigenvalue weighted by atomic mass is 10.0. The SMILES string of the molecule is CC(C)(N)c1cn(C2CCN(Cc3ccnc4ccccc34)CC2)nn1.O=C(O)C(F)(F)F.O=C(O)C(F)(F)F. The first-order valence-electron chi connectivity index (χ1n) is 11.8. The molecule has 16 heteroatoms. The molecular weight excluding hydrogens is 550 g/mol. The molecule has 0 spiro atoms. The van der Waals surface area contributed by atoms with Gasteiger partial charge in [-0.1, -0.05) is 23.4 Å². The van der Waals surface area contributed by atoms with Gasteiger partial charge in [-0.3, -0.25) is 9.88 Å². The summed E-state index contributed by atoms with van der Waals surface area (Å²) in [5.74, 6) is -5.51. The average molecular weight is 579 g/mol. The van der Waals surface area contributed by atoms with Gasteiger partial charge in [0.15, 0.2) is 0 Å². The van der Waals surface area contributed by atoms with E-state index in [1.807, 2.05) is 37.0 Å². The Balaban J connectivity index is 0.000000333. The molecule has 0 saturated carbocycles. The molecule has 0 aliphatic carbocycles. The predicted octanol–water partition coefficient (Wildman–Crippen LogP) is 4.12. The average Bonchev–Trinajstić information content (AvgIpc) is 3.36. The number of aliphatic carboxylic acids is 2. The van der Waals surface area contributed by atoms with Crippen LogP contribution in [0.4, 0.5) is 26.3 Å². The van der Waals surface area contributed by atoms with Gasteiger partial charge in [0.25, 0.3) is 0 Å². The number of piperidine rings is 1. The summed E-state index contributed by atoms with van der Waals surface area (Å²) in [7, 11) is 0. The van der Waals surface area contributed by atoms with Crippen LogP contribution in [0.3, 0.4) is 0 Å². The third kappa shape index (κ3) is 9.75. The van der Waals surface area contributed by atoms with Crippen molar-refractivity contribution in [2.45, 2.75) is 57.2 Å². The smallest absolute Gasteiger partial charge is 0.475 e. The molecule has 0 atom stereocenters. The Morgan fingerprint density at radius 2 is 1.50 bits per heavy atom. The summed E-state index contributed by atoms with van der Waals surface area (Å²) in [5, 5.41) is 24.1. The Labute approximate surface area is 224 Å². The molecule has 0 unspecified atom stereocenters. The van der Waals surface area contributed by atoms with Crippen LogP contribution in [0, 0.1) is 0 Å². The lowest BCUT2D eigenvalue weighted by molar-refractivity contribution is -0.193. The van der Waals surface area contributed by atoms with Crippen molar-refractivity contribution in [3.05, 3.63) is 54.0 Å². The number of nitrogens with two attached hydrogens (primary N) is 1. The molecule has 0 bridgehead atoms. The summed E-state index contributed by atoms with van der Waals surface area (Å²) in [5.41, 5.74) is 8.95. The molecule has 1 saturated heterocycles. The molecule has 10 nitrogen and oxygen atoms in total. The molecule has 3 aromatic rings. The van der Waals surface area contributed by atoms with Gasteiger partial charge in [0, 0.05) is 31.2 Å². The number of carboxylic acid groups (broad SMARTS) is 2. The first-order valence-corrected chi connectivity index (χ1v) is 11.8. The van der Waals surface area contributed by atoms with Crippen molar-refractivity contribution in [1.82, 2.24) is 24.9 Å². The molecule has 1 aliphatic rings. The Bertz CT molecular complexity index is 1250. The number of benzene rings is 1. The fourth-order valence-electron chi connectivity index (χ4n) is 3.63. The first-order chi connectivity index (χ1) is 18.4. The van der Waals surface area contributed by atoms with Crippen LogP contribution in [-0.2, 0) is 21.7 Å². The van der Waals surface area contributed by atoms with Gasteiger partial charge in [0.05, 0.1) is 23.3 Å². The Kier molecular flexibility index (Phi) is 10.6. The number of nitrogens with zero attached hydrogens (tertiary/aromatic N) is 5. The number of carboxylic acids is 2. The van der Waals surface area contributed by atoms with Crippen LogP contribution in [0.2, 0.25) is 0 Å². The normalized spacial score (nSPS) is 15.0. The van der Waals surface area contributed by atoms with E-state index in [0.717, 1.165) is 43.7 Å². The number of fused-ring (bicyclic) bond motifs is 1. The minimum absolute atomic E-state index is 0.407. The number of hydrogen-bond donors (Lipinski definition) is 3. The molecule has 4 N–H and O–H groups in total. The van der Waals surface area contributed by atoms with Crippen LogP contribution >= 0.6 is 0 Å². The number of likely N-dealkylation sites (tertiary alicyclic amines) is 1. The molecule has 2 aromatic heterocycles. The highest BCUT2D eigenvalue weighted by Crippen LogP contribution is 2.26. The van der Waals surface area contributed by atoms with Gasteiger partial charge in [0.2, 0.25) is 0 Å². The van der Waals surface area contributed by atoms with Crippen molar-refractivity contribution in [2.75, 3.05) is 13.1 Å². The molecule has 0 radical (unpaired) electrons. The minimum atomic E-state index is -5.08. The maximum Gasteiger partial charge on any atom is 0.490 e. The van der Waals surface area contributed by atoms with Gasteiger partial charge in [-0.25, -0.2) is 14.3 Å². The Morgan fingerprint density at radius 3 is 1.98 bits per heavy atom. The topological polar surface area (TPSA) is 147 Å². The summed E-state index contributed by atoms with van der Waals surface area (Å²) in [6.45, 7) is 7.01. The number of halogens is 6. The number of para-hydroxylation sites is 1. The third-order valence-corrected chi connectivity index (χ3v) is 5.72. The fraction of sp³-hybridized carbons (Fsp3) is 0.458. The van der Waals surface area contributed by atoms with Crippen molar-refractivity contribution >= 4 is 22.8 Å². The van der Waals surface area contributed by atoms with Crippen molar-refractivity contribution in [2.24, 2.45) is 5.73 Å². The number of carbonyl (C=O) groups is 2. The summed E-state index contributed by atoms with van der Waals surface area (Å²) in [4.78, 5) is 24.8. The van der Waals surface area contributed by atoms with Gasteiger partial charge in [0.1, 0.15) is 5.69 Å². The van der Waals surface area contributed by atoms with E-state index in [9.17, 15) is 26.3 Å². The van der Waals surface area contributed by atoms with Crippen molar-refractivity contribution in [3.63, 3.8) is 0 Å². The Hall–Kier alpha value is -3.79. The molecule has 1 aliphatic heterocycles. The number of aromatic nitrogens is 4. The zero-order valence-corrected chi connectivity index (χ0v) is 21.4. The molecule has 220 valence electrons. The zero-order chi connectivity index (χ0) is 30.3. The summed E-state index contributed by atoms with van der Waals surface area (Å²) in [6, 6.07) is 10.9. The van der Waals surface area contributed by atoms with Gasteiger partial charge >= 0.3 is 24.3 Å². The van der Waals surface area contributed by atoms with E-state index in [-0.39, 0.29) is 0 Å². The second-order valence-electron chi connectivity index (χ2n) is 9.41. The van der Waals surface area contributed by atoms with E-state index < -0.39 is 29.8 Å². The summed E-state index contributed by atoms with van der Waals surface area (Å²) in [6.07, 6.45) is -4.08. The van der Waals surface area contributed by atoms with E-state index in [4.69, 9.17) is 25.5 Å². The third-order valence-electron chi connectivity index (χ3n) is 5.72. The fourth-order valence-corrected chi connectivity index (χ4v) is 3.63. The summed E-state index contributed by atoms with van der Waals surface area (Å²) < 4.78 is 65.5.